The second-order valence-electron chi connectivity index (χ2n) is 6.82. The molecule has 0 radical (unpaired) electrons. The summed E-state index contributed by atoms with van der Waals surface area (Å²) in [5.74, 6) is -1.87. The van der Waals surface area contributed by atoms with Crippen molar-refractivity contribution >= 4 is 23.5 Å². The molecule has 2 amide bonds. The average molecular weight is 411 g/mol. The number of hydrogen-bond donors (Lipinski definition) is 3. The smallest absolute Gasteiger partial charge is 0.308 e. The Labute approximate surface area is 172 Å². The maximum atomic E-state index is 12.8. The van der Waals surface area contributed by atoms with Crippen LogP contribution in [0.4, 0.5) is 0 Å². The van der Waals surface area contributed by atoms with Crippen molar-refractivity contribution in [2.75, 3.05) is 6.61 Å². The quantitative estimate of drug-likeness (QED) is 0.566. The monoisotopic (exact) mass is 411 g/mol. The van der Waals surface area contributed by atoms with Crippen LogP contribution in [-0.2, 0) is 25.8 Å². The lowest BCUT2D eigenvalue weighted by molar-refractivity contribution is -0.156. The van der Waals surface area contributed by atoms with Crippen molar-refractivity contribution in [3.8, 4) is 5.75 Å². The van der Waals surface area contributed by atoms with Crippen LogP contribution in [0, 0.1) is 0 Å². The number of rotatable bonds is 9. The number of primary amides is 1. The molecule has 2 aromatic carbocycles. The van der Waals surface area contributed by atoms with Gasteiger partial charge in [-0.1, -0.05) is 35.5 Å². The number of carboxylic acids is 1. The van der Waals surface area contributed by atoms with Crippen molar-refractivity contribution in [2.45, 2.75) is 25.0 Å². The minimum Gasteiger partial charge on any atom is -0.484 e. The lowest BCUT2D eigenvalue weighted by Crippen LogP contribution is -2.48. The topological polar surface area (TPSA) is 140 Å². The molecular weight excluding hydrogens is 390 g/mol. The lowest BCUT2D eigenvalue weighted by atomic mass is 9.90. The van der Waals surface area contributed by atoms with Crippen molar-refractivity contribution in [1.29, 1.82) is 0 Å². The highest BCUT2D eigenvalue weighted by atomic mass is 16.7. The van der Waals surface area contributed by atoms with Gasteiger partial charge in [0, 0.05) is 13.0 Å². The number of ether oxygens (including phenoxy) is 1. The molecule has 0 aliphatic carbocycles. The second kappa shape index (κ2) is 9.08. The maximum absolute atomic E-state index is 12.8. The van der Waals surface area contributed by atoms with Crippen LogP contribution in [0.5, 0.6) is 5.75 Å². The van der Waals surface area contributed by atoms with Crippen LogP contribution in [-0.4, -0.2) is 40.8 Å². The fourth-order valence-electron chi connectivity index (χ4n) is 3.01. The minimum atomic E-state index is -1.63. The van der Waals surface area contributed by atoms with E-state index in [4.69, 9.17) is 15.3 Å². The molecule has 1 atom stereocenters. The molecule has 0 saturated carbocycles. The van der Waals surface area contributed by atoms with E-state index in [0.717, 1.165) is 5.56 Å². The Hall–Kier alpha value is -3.88. The highest BCUT2D eigenvalue weighted by molar-refractivity contribution is 6.06. The zero-order valence-electron chi connectivity index (χ0n) is 16.0. The molecule has 0 aromatic heterocycles. The van der Waals surface area contributed by atoms with E-state index in [2.05, 4.69) is 10.5 Å². The summed E-state index contributed by atoms with van der Waals surface area (Å²) in [6.45, 7) is -0.00164. The lowest BCUT2D eigenvalue weighted by Gasteiger charge is -2.23. The number of oxime groups is 1. The fourth-order valence-corrected chi connectivity index (χ4v) is 3.01. The summed E-state index contributed by atoms with van der Waals surface area (Å²) in [7, 11) is 0. The summed E-state index contributed by atoms with van der Waals surface area (Å²) >= 11 is 0. The van der Waals surface area contributed by atoms with Gasteiger partial charge in [0.25, 0.3) is 11.8 Å². The van der Waals surface area contributed by atoms with Gasteiger partial charge < -0.3 is 25.7 Å². The van der Waals surface area contributed by atoms with E-state index in [1.54, 1.807) is 24.3 Å². The Bertz CT molecular complexity index is 958. The van der Waals surface area contributed by atoms with Gasteiger partial charge in [-0.05, 0) is 35.4 Å². The number of amides is 2. The fraction of sp³-hybridized carbons (Fsp3) is 0.238. The van der Waals surface area contributed by atoms with Crippen molar-refractivity contribution in [2.24, 2.45) is 10.9 Å². The van der Waals surface area contributed by atoms with Crippen LogP contribution in [0.25, 0.3) is 0 Å². The van der Waals surface area contributed by atoms with Crippen molar-refractivity contribution in [3.05, 3.63) is 65.7 Å². The molecule has 1 unspecified atom stereocenters. The molecule has 3 rings (SSSR count). The van der Waals surface area contributed by atoms with E-state index in [0.29, 0.717) is 17.0 Å². The molecule has 0 fully saturated rings. The molecule has 156 valence electrons. The Morgan fingerprint density at radius 3 is 2.47 bits per heavy atom. The highest BCUT2D eigenvalue weighted by Crippen LogP contribution is 2.31. The molecule has 1 aliphatic heterocycles. The summed E-state index contributed by atoms with van der Waals surface area (Å²) in [4.78, 5) is 40.4. The van der Waals surface area contributed by atoms with Gasteiger partial charge in [0.15, 0.2) is 6.61 Å². The standard InChI is InChI=1S/C21H21N3O6/c22-18(25)13-29-16-8-6-15(7-9-16)17-10-21(30-24-17,11-19(26)27)20(28)23-12-14-4-2-1-3-5-14/h1-9H,10-13H2,(H2,22,25)(H,23,28)(H,26,27). The van der Waals surface area contributed by atoms with Gasteiger partial charge in [-0.25, -0.2) is 0 Å². The molecule has 9 nitrogen and oxygen atoms in total. The Morgan fingerprint density at radius 2 is 1.83 bits per heavy atom. The Kier molecular flexibility index (Phi) is 6.31. The van der Waals surface area contributed by atoms with Crippen molar-refractivity contribution in [3.63, 3.8) is 0 Å². The largest absolute Gasteiger partial charge is 0.484 e. The predicted molar refractivity (Wildman–Crippen MR) is 107 cm³/mol. The van der Waals surface area contributed by atoms with Gasteiger partial charge in [-0.3, -0.25) is 14.4 Å². The molecule has 4 N–H and O–H groups in total. The summed E-state index contributed by atoms with van der Waals surface area (Å²) in [5.41, 5.74) is 5.37. The maximum Gasteiger partial charge on any atom is 0.308 e. The van der Waals surface area contributed by atoms with E-state index in [1.165, 1.54) is 0 Å². The molecular formula is C21H21N3O6. The van der Waals surface area contributed by atoms with Gasteiger partial charge in [0.1, 0.15) is 5.75 Å². The van der Waals surface area contributed by atoms with E-state index >= 15 is 0 Å². The molecule has 0 bridgehead atoms. The molecule has 0 saturated heterocycles. The SMILES string of the molecule is NC(=O)COc1ccc(C2=NOC(CC(=O)O)(C(=O)NCc3ccccc3)C2)cc1. The zero-order valence-corrected chi connectivity index (χ0v) is 16.0. The molecule has 1 aliphatic rings. The van der Waals surface area contributed by atoms with Crippen molar-refractivity contribution < 1.29 is 29.1 Å². The van der Waals surface area contributed by atoms with Gasteiger partial charge in [-0.2, -0.15) is 0 Å². The van der Waals surface area contributed by atoms with Crippen molar-refractivity contribution in [1.82, 2.24) is 5.32 Å². The van der Waals surface area contributed by atoms with E-state index < -0.39 is 29.8 Å². The first-order valence-corrected chi connectivity index (χ1v) is 9.18. The number of hydrogen-bond acceptors (Lipinski definition) is 6. The van der Waals surface area contributed by atoms with E-state index in [1.807, 2.05) is 30.3 Å². The first-order valence-electron chi connectivity index (χ1n) is 9.18. The number of nitrogens with two attached hydrogens (primary N) is 1. The van der Waals surface area contributed by atoms with Crippen LogP contribution in [0.15, 0.2) is 59.8 Å². The summed E-state index contributed by atoms with van der Waals surface area (Å²) in [5, 5.41) is 16.0. The van der Waals surface area contributed by atoms with Gasteiger partial charge in [0.05, 0.1) is 12.1 Å². The highest BCUT2D eigenvalue weighted by Gasteiger charge is 2.48. The molecule has 2 aromatic rings. The van der Waals surface area contributed by atoms with Gasteiger partial charge >= 0.3 is 5.97 Å². The van der Waals surface area contributed by atoms with E-state index in [-0.39, 0.29) is 19.6 Å². The third-order valence-corrected chi connectivity index (χ3v) is 4.50. The predicted octanol–water partition coefficient (Wildman–Crippen LogP) is 1.21. The minimum absolute atomic E-state index is 0.00140. The van der Waals surface area contributed by atoms with Crippen LogP contribution in [0.1, 0.15) is 24.0 Å². The third kappa shape index (κ3) is 5.13. The molecule has 9 heteroatoms. The number of nitrogens with one attached hydrogen (secondary N) is 1. The number of benzene rings is 2. The molecule has 30 heavy (non-hydrogen) atoms. The van der Waals surface area contributed by atoms with Gasteiger partial charge in [0.2, 0.25) is 5.60 Å². The van der Waals surface area contributed by atoms with Crippen LogP contribution >= 0.6 is 0 Å². The molecule has 1 heterocycles. The molecule has 0 spiro atoms. The average Bonchev–Trinajstić information content (AvgIpc) is 3.16. The van der Waals surface area contributed by atoms with Crippen LogP contribution in [0.3, 0.4) is 0 Å². The van der Waals surface area contributed by atoms with Gasteiger partial charge in [-0.15, -0.1) is 0 Å². The number of carbonyl (C=O) groups excluding carboxylic acids is 2. The zero-order chi connectivity index (χ0) is 21.6. The van der Waals surface area contributed by atoms with E-state index in [9.17, 15) is 19.5 Å². The Balaban J connectivity index is 1.69. The number of carboxylic acid groups (broad SMARTS) is 1. The van der Waals surface area contributed by atoms with Crippen LogP contribution < -0.4 is 15.8 Å². The summed E-state index contributed by atoms with van der Waals surface area (Å²) < 4.78 is 5.20. The number of carbonyl (C=O) groups is 3. The third-order valence-electron chi connectivity index (χ3n) is 4.50. The van der Waals surface area contributed by atoms with Crippen LogP contribution in [0.2, 0.25) is 0 Å². The first kappa shape index (κ1) is 20.8. The summed E-state index contributed by atoms with van der Waals surface area (Å²) in [6.07, 6.45) is -0.526. The number of nitrogens with zero attached hydrogens (tertiary/aromatic N) is 1. The Morgan fingerprint density at radius 1 is 1.13 bits per heavy atom. The second-order valence-corrected chi connectivity index (χ2v) is 6.82. The number of aliphatic carboxylic acids is 1. The summed E-state index contributed by atoms with van der Waals surface area (Å²) in [6, 6.07) is 15.8. The normalized spacial score (nSPS) is 17.5. The first-order chi connectivity index (χ1) is 14.4.